The second kappa shape index (κ2) is 7.99. The summed E-state index contributed by atoms with van der Waals surface area (Å²) in [5.41, 5.74) is 2.04. The summed E-state index contributed by atoms with van der Waals surface area (Å²) in [5, 5.41) is 8.27. The number of nitrogens with zero attached hydrogens (tertiary/aromatic N) is 2. The lowest BCUT2D eigenvalue weighted by atomic mass is 10.0. The van der Waals surface area contributed by atoms with Crippen LogP contribution in [-0.2, 0) is 15.8 Å². The van der Waals surface area contributed by atoms with Crippen molar-refractivity contribution in [2.75, 3.05) is 19.5 Å². The Balaban J connectivity index is 1.86. The number of nitrogens with two attached hydrogens (primary N) is 1. The van der Waals surface area contributed by atoms with Crippen molar-refractivity contribution in [1.29, 1.82) is 0 Å². The minimum absolute atomic E-state index is 0.219. The van der Waals surface area contributed by atoms with E-state index in [0.717, 1.165) is 5.56 Å². The van der Waals surface area contributed by atoms with Crippen LogP contribution in [0, 0.1) is 5.82 Å². The summed E-state index contributed by atoms with van der Waals surface area (Å²) in [5.74, 6) is 0.394. The number of benzene rings is 2. The Morgan fingerprint density at radius 2 is 2.07 bits per heavy atom. The van der Waals surface area contributed by atoms with E-state index in [0.29, 0.717) is 22.8 Å². The van der Waals surface area contributed by atoms with Gasteiger partial charge in [0.15, 0.2) is 0 Å². The van der Waals surface area contributed by atoms with Crippen LogP contribution in [0.1, 0.15) is 17.2 Å². The topological polar surface area (TPSA) is 97.0 Å². The summed E-state index contributed by atoms with van der Waals surface area (Å²) in [4.78, 5) is 6.23. The van der Waals surface area contributed by atoms with Crippen LogP contribution in [0.3, 0.4) is 0 Å². The van der Waals surface area contributed by atoms with Crippen molar-refractivity contribution >= 4 is 22.0 Å². The maximum Gasteiger partial charge on any atom is 0.213 e. The van der Waals surface area contributed by atoms with Gasteiger partial charge in [-0.05, 0) is 29.8 Å². The first-order valence-corrected chi connectivity index (χ1v) is 10.1. The molecule has 0 saturated carbocycles. The molecule has 9 heteroatoms. The summed E-state index contributed by atoms with van der Waals surface area (Å²) < 4.78 is 41.4. The number of sulfonamides is 1. The summed E-state index contributed by atoms with van der Waals surface area (Å²) in [6, 6.07) is 11.1. The number of halogens is 1. The number of primary sulfonamides is 1. The standard InChI is InChI=1S/C19H21FN4O3S/c1-24-12-22-19(10-17(24)16-7-6-14(20)9-18(16)27-2)23-15-5-3-4-13(8-15)11-28(21,25)26/h3-10,12,17,23H,11H2,1-2H3,(H2,21,25,26). The Morgan fingerprint density at radius 1 is 1.29 bits per heavy atom. The molecule has 0 fully saturated rings. The smallest absolute Gasteiger partial charge is 0.213 e. The third-order valence-electron chi connectivity index (χ3n) is 4.21. The van der Waals surface area contributed by atoms with Crippen molar-refractivity contribution < 1.29 is 17.5 Å². The molecule has 0 saturated heterocycles. The molecule has 1 heterocycles. The molecular weight excluding hydrogens is 383 g/mol. The molecule has 3 N–H and O–H groups in total. The lowest BCUT2D eigenvalue weighted by Crippen LogP contribution is -2.26. The van der Waals surface area contributed by atoms with E-state index in [2.05, 4.69) is 10.3 Å². The first-order chi connectivity index (χ1) is 13.2. The molecule has 2 aromatic rings. The summed E-state index contributed by atoms with van der Waals surface area (Å²) in [6.07, 6.45) is 3.53. The Morgan fingerprint density at radius 3 is 2.79 bits per heavy atom. The summed E-state index contributed by atoms with van der Waals surface area (Å²) in [7, 11) is -0.260. The number of rotatable bonds is 6. The summed E-state index contributed by atoms with van der Waals surface area (Å²) >= 11 is 0. The van der Waals surface area contributed by atoms with Crippen molar-refractivity contribution in [2.24, 2.45) is 10.1 Å². The highest BCUT2D eigenvalue weighted by atomic mass is 32.2. The van der Waals surface area contributed by atoms with Gasteiger partial charge in [0.1, 0.15) is 17.4 Å². The van der Waals surface area contributed by atoms with Gasteiger partial charge in [0.2, 0.25) is 10.0 Å². The lowest BCUT2D eigenvalue weighted by molar-refractivity contribution is 0.381. The number of anilines is 1. The molecule has 1 aliphatic rings. The Bertz CT molecular complexity index is 1040. The number of hydrogen-bond donors (Lipinski definition) is 2. The Labute approximate surface area is 163 Å². The van der Waals surface area contributed by atoms with E-state index in [-0.39, 0.29) is 17.6 Å². The average molecular weight is 404 g/mol. The molecule has 0 spiro atoms. The number of aliphatic imine (C=N–C) groups is 1. The largest absolute Gasteiger partial charge is 0.496 e. The Hall–Kier alpha value is -2.91. The van der Waals surface area contributed by atoms with Crippen molar-refractivity contribution in [1.82, 2.24) is 4.90 Å². The molecule has 148 valence electrons. The van der Waals surface area contributed by atoms with Crippen LogP contribution in [0.15, 0.2) is 59.4 Å². The van der Waals surface area contributed by atoms with Crippen molar-refractivity contribution in [3.05, 3.63) is 71.3 Å². The van der Waals surface area contributed by atoms with Gasteiger partial charge in [-0.3, -0.25) is 0 Å². The monoisotopic (exact) mass is 404 g/mol. The van der Waals surface area contributed by atoms with Crippen LogP contribution in [0.2, 0.25) is 0 Å². The molecule has 0 amide bonds. The highest BCUT2D eigenvalue weighted by molar-refractivity contribution is 7.88. The molecule has 0 radical (unpaired) electrons. The zero-order valence-corrected chi connectivity index (χ0v) is 16.3. The molecule has 0 aromatic heterocycles. The van der Waals surface area contributed by atoms with Crippen molar-refractivity contribution in [2.45, 2.75) is 11.8 Å². The van der Waals surface area contributed by atoms with Crippen LogP contribution in [-0.4, -0.2) is 33.8 Å². The fourth-order valence-electron chi connectivity index (χ4n) is 2.97. The van der Waals surface area contributed by atoms with Crippen molar-refractivity contribution in [3.8, 4) is 5.75 Å². The second-order valence-corrected chi connectivity index (χ2v) is 8.04. The van der Waals surface area contributed by atoms with Gasteiger partial charge in [-0.25, -0.2) is 22.9 Å². The molecule has 28 heavy (non-hydrogen) atoms. The van der Waals surface area contributed by atoms with Gasteiger partial charge in [0.05, 0.1) is 25.2 Å². The van der Waals surface area contributed by atoms with Gasteiger partial charge < -0.3 is 15.0 Å². The molecule has 2 aromatic carbocycles. The average Bonchev–Trinajstić information content (AvgIpc) is 2.62. The number of ether oxygens (including phenoxy) is 1. The molecule has 3 rings (SSSR count). The van der Waals surface area contributed by atoms with E-state index < -0.39 is 10.0 Å². The molecule has 0 aliphatic carbocycles. The number of nitrogens with one attached hydrogen (secondary N) is 1. The van der Waals surface area contributed by atoms with E-state index >= 15 is 0 Å². The van der Waals surface area contributed by atoms with E-state index in [4.69, 9.17) is 9.88 Å². The highest BCUT2D eigenvalue weighted by Crippen LogP contribution is 2.32. The SMILES string of the molecule is COc1cc(F)ccc1C1C=C(Nc2cccc(CS(N)(=O)=O)c2)N=CN1C. The van der Waals surface area contributed by atoms with Gasteiger partial charge in [0.25, 0.3) is 0 Å². The van der Waals surface area contributed by atoms with Gasteiger partial charge in [-0.1, -0.05) is 18.2 Å². The maximum absolute atomic E-state index is 13.5. The molecule has 1 unspecified atom stereocenters. The third-order valence-corrected chi connectivity index (χ3v) is 4.95. The maximum atomic E-state index is 13.5. The van der Waals surface area contributed by atoms with E-state index in [1.54, 1.807) is 36.7 Å². The fraction of sp³-hybridized carbons (Fsp3) is 0.211. The van der Waals surface area contributed by atoms with Gasteiger partial charge in [0, 0.05) is 24.4 Å². The molecule has 0 bridgehead atoms. The predicted molar refractivity (Wildman–Crippen MR) is 107 cm³/mol. The quantitative estimate of drug-likeness (QED) is 0.771. The van der Waals surface area contributed by atoms with Crippen LogP contribution < -0.4 is 15.2 Å². The first kappa shape index (κ1) is 19.8. The molecule has 1 atom stereocenters. The summed E-state index contributed by atoms with van der Waals surface area (Å²) in [6.45, 7) is 0. The molecular formula is C19H21FN4O3S. The van der Waals surface area contributed by atoms with Crippen LogP contribution in [0.4, 0.5) is 10.1 Å². The highest BCUT2D eigenvalue weighted by Gasteiger charge is 2.21. The fourth-order valence-corrected chi connectivity index (χ4v) is 3.61. The number of hydrogen-bond acceptors (Lipinski definition) is 6. The minimum atomic E-state index is -3.61. The lowest BCUT2D eigenvalue weighted by Gasteiger charge is -2.29. The zero-order valence-electron chi connectivity index (χ0n) is 15.5. The van der Waals surface area contributed by atoms with Crippen LogP contribution in [0.25, 0.3) is 0 Å². The molecule has 7 nitrogen and oxygen atoms in total. The molecule has 1 aliphatic heterocycles. The minimum Gasteiger partial charge on any atom is -0.496 e. The van der Waals surface area contributed by atoms with Gasteiger partial charge in [-0.2, -0.15) is 0 Å². The second-order valence-electron chi connectivity index (χ2n) is 6.43. The van der Waals surface area contributed by atoms with Gasteiger partial charge >= 0.3 is 0 Å². The van der Waals surface area contributed by atoms with Gasteiger partial charge in [-0.15, -0.1) is 0 Å². The zero-order chi connectivity index (χ0) is 20.3. The van der Waals surface area contributed by atoms with E-state index in [9.17, 15) is 12.8 Å². The van der Waals surface area contributed by atoms with Crippen LogP contribution >= 0.6 is 0 Å². The third kappa shape index (κ3) is 4.87. The van der Waals surface area contributed by atoms with E-state index in [1.807, 2.05) is 18.0 Å². The normalized spacial score (nSPS) is 16.6. The van der Waals surface area contributed by atoms with Crippen molar-refractivity contribution in [3.63, 3.8) is 0 Å². The number of likely N-dealkylation sites (N-methyl/N-ethyl adjacent to an activating group) is 1. The predicted octanol–water partition coefficient (Wildman–Crippen LogP) is 2.59. The number of methoxy groups -OCH3 is 1. The first-order valence-electron chi connectivity index (χ1n) is 8.43. The van der Waals surface area contributed by atoms with E-state index in [1.165, 1.54) is 19.2 Å². The Kier molecular flexibility index (Phi) is 5.66. The van der Waals surface area contributed by atoms with Crippen LogP contribution in [0.5, 0.6) is 5.75 Å².